The van der Waals surface area contributed by atoms with E-state index in [9.17, 15) is 18.0 Å². The van der Waals surface area contributed by atoms with Gasteiger partial charge in [-0.2, -0.15) is 13.2 Å². The standard InChI is InChI=1S/C9H13F3N2O/c10-9(11,12)8(15)14-7-3-5-1-2-6(4-7)13-5/h5-7,13H,1-4H2,(H,14,15)/t5-,6+,7-. The highest BCUT2D eigenvalue weighted by Gasteiger charge is 2.42. The van der Waals surface area contributed by atoms with Gasteiger partial charge in [0.05, 0.1) is 0 Å². The SMILES string of the molecule is O=C(N[C@@H]1C[C@H]2CC[C@@H](C1)N2)C(F)(F)F. The second-order valence-electron chi connectivity index (χ2n) is 4.28. The number of piperidine rings is 1. The van der Waals surface area contributed by atoms with Gasteiger partial charge in [0.15, 0.2) is 0 Å². The van der Waals surface area contributed by atoms with E-state index in [1.165, 1.54) is 0 Å². The number of fused-ring (bicyclic) bond motifs is 2. The Morgan fingerprint density at radius 3 is 2.20 bits per heavy atom. The van der Waals surface area contributed by atoms with E-state index in [1.807, 2.05) is 0 Å². The molecule has 0 saturated carbocycles. The smallest absolute Gasteiger partial charge is 0.345 e. The van der Waals surface area contributed by atoms with Gasteiger partial charge in [0, 0.05) is 18.1 Å². The van der Waals surface area contributed by atoms with Gasteiger partial charge in [0.1, 0.15) is 0 Å². The molecule has 86 valence electrons. The van der Waals surface area contributed by atoms with Gasteiger partial charge in [-0.3, -0.25) is 4.79 Å². The first-order valence-electron chi connectivity index (χ1n) is 5.09. The second kappa shape index (κ2) is 3.66. The summed E-state index contributed by atoms with van der Waals surface area (Å²) in [6, 6.07) is 0.238. The molecule has 2 aliphatic heterocycles. The molecule has 0 aromatic rings. The Bertz CT molecular complexity index is 255. The fraction of sp³-hybridized carbons (Fsp3) is 0.889. The molecule has 0 aromatic carbocycles. The number of hydrogen-bond acceptors (Lipinski definition) is 2. The van der Waals surface area contributed by atoms with Crippen molar-refractivity contribution in [1.82, 2.24) is 10.6 Å². The summed E-state index contributed by atoms with van der Waals surface area (Å²) in [5.74, 6) is -1.81. The van der Waals surface area contributed by atoms with Crippen LogP contribution in [0.4, 0.5) is 13.2 Å². The van der Waals surface area contributed by atoms with Gasteiger partial charge in [-0.05, 0) is 25.7 Å². The summed E-state index contributed by atoms with van der Waals surface area (Å²) >= 11 is 0. The molecule has 3 nitrogen and oxygen atoms in total. The molecular weight excluding hydrogens is 209 g/mol. The lowest BCUT2D eigenvalue weighted by atomic mass is 10.00. The number of hydrogen-bond donors (Lipinski definition) is 2. The third-order valence-corrected chi connectivity index (χ3v) is 3.07. The molecule has 2 heterocycles. The molecule has 6 heteroatoms. The third-order valence-electron chi connectivity index (χ3n) is 3.07. The van der Waals surface area contributed by atoms with Crippen molar-refractivity contribution in [3.63, 3.8) is 0 Å². The Morgan fingerprint density at radius 2 is 1.73 bits per heavy atom. The minimum atomic E-state index is -4.76. The van der Waals surface area contributed by atoms with Gasteiger partial charge in [0.25, 0.3) is 0 Å². The second-order valence-corrected chi connectivity index (χ2v) is 4.28. The van der Waals surface area contributed by atoms with E-state index in [0.29, 0.717) is 12.8 Å². The van der Waals surface area contributed by atoms with E-state index in [-0.39, 0.29) is 18.1 Å². The van der Waals surface area contributed by atoms with Crippen molar-refractivity contribution >= 4 is 5.91 Å². The molecule has 15 heavy (non-hydrogen) atoms. The zero-order chi connectivity index (χ0) is 11.1. The van der Waals surface area contributed by atoms with Crippen LogP contribution in [0, 0.1) is 0 Å². The first-order valence-corrected chi connectivity index (χ1v) is 5.09. The molecule has 2 bridgehead atoms. The molecule has 0 aromatic heterocycles. The van der Waals surface area contributed by atoms with Gasteiger partial charge in [0.2, 0.25) is 0 Å². The van der Waals surface area contributed by atoms with Crippen LogP contribution in [0.5, 0.6) is 0 Å². The van der Waals surface area contributed by atoms with Crippen molar-refractivity contribution in [3.05, 3.63) is 0 Å². The highest BCUT2D eigenvalue weighted by Crippen LogP contribution is 2.27. The summed E-state index contributed by atoms with van der Waals surface area (Å²) in [6.07, 6.45) is -1.54. The Labute approximate surface area is 85.4 Å². The fourth-order valence-electron chi connectivity index (χ4n) is 2.44. The molecule has 0 radical (unpaired) electrons. The number of carbonyl (C=O) groups is 1. The van der Waals surface area contributed by atoms with Gasteiger partial charge in [-0.15, -0.1) is 0 Å². The van der Waals surface area contributed by atoms with Crippen molar-refractivity contribution in [2.24, 2.45) is 0 Å². The number of amides is 1. The average Bonchev–Trinajstić information content (AvgIpc) is 2.44. The van der Waals surface area contributed by atoms with E-state index in [2.05, 4.69) is 10.6 Å². The molecule has 2 fully saturated rings. The lowest BCUT2D eigenvalue weighted by Gasteiger charge is -2.29. The normalized spacial score (nSPS) is 35.3. The van der Waals surface area contributed by atoms with E-state index < -0.39 is 12.1 Å². The number of rotatable bonds is 1. The summed E-state index contributed by atoms with van der Waals surface area (Å²) in [6.45, 7) is 0. The number of carbonyl (C=O) groups excluding carboxylic acids is 1. The fourth-order valence-corrected chi connectivity index (χ4v) is 2.44. The summed E-state index contributed by atoms with van der Waals surface area (Å²) in [7, 11) is 0. The zero-order valence-electron chi connectivity index (χ0n) is 8.10. The van der Waals surface area contributed by atoms with E-state index in [1.54, 1.807) is 0 Å². The number of alkyl halides is 3. The number of nitrogens with one attached hydrogen (secondary N) is 2. The van der Waals surface area contributed by atoms with Gasteiger partial charge in [-0.1, -0.05) is 0 Å². The maximum Gasteiger partial charge on any atom is 0.471 e. The minimum Gasteiger partial charge on any atom is -0.345 e. The van der Waals surface area contributed by atoms with Crippen LogP contribution >= 0.6 is 0 Å². The van der Waals surface area contributed by atoms with Gasteiger partial charge in [-0.25, -0.2) is 0 Å². The summed E-state index contributed by atoms with van der Waals surface area (Å²) in [4.78, 5) is 10.7. The lowest BCUT2D eigenvalue weighted by molar-refractivity contribution is -0.174. The lowest BCUT2D eigenvalue weighted by Crippen LogP contribution is -2.50. The van der Waals surface area contributed by atoms with Crippen LogP contribution < -0.4 is 10.6 Å². The monoisotopic (exact) mass is 222 g/mol. The van der Waals surface area contributed by atoms with Crippen LogP contribution in [0.1, 0.15) is 25.7 Å². The van der Waals surface area contributed by atoms with Crippen molar-refractivity contribution in [1.29, 1.82) is 0 Å². The molecule has 2 saturated heterocycles. The largest absolute Gasteiger partial charge is 0.471 e. The molecule has 2 aliphatic rings. The summed E-state index contributed by atoms with van der Waals surface area (Å²) < 4.78 is 36.0. The molecule has 1 amide bonds. The molecule has 0 spiro atoms. The van der Waals surface area contributed by atoms with Crippen LogP contribution in [0.3, 0.4) is 0 Å². The predicted molar refractivity (Wildman–Crippen MR) is 47.2 cm³/mol. The Balaban J connectivity index is 1.88. The summed E-state index contributed by atoms with van der Waals surface area (Å²) in [5.41, 5.74) is 0. The first-order chi connectivity index (χ1) is 6.95. The summed E-state index contributed by atoms with van der Waals surface area (Å²) in [5, 5.41) is 5.36. The highest BCUT2D eigenvalue weighted by molar-refractivity contribution is 5.81. The Morgan fingerprint density at radius 1 is 1.20 bits per heavy atom. The molecule has 0 aliphatic carbocycles. The topological polar surface area (TPSA) is 41.1 Å². The zero-order valence-corrected chi connectivity index (χ0v) is 8.10. The Hall–Kier alpha value is -0.780. The molecule has 2 N–H and O–H groups in total. The van der Waals surface area contributed by atoms with Gasteiger partial charge < -0.3 is 10.6 Å². The van der Waals surface area contributed by atoms with E-state index >= 15 is 0 Å². The highest BCUT2D eigenvalue weighted by atomic mass is 19.4. The molecule has 3 atom stereocenters. The van der Waals surface area contributed by atoms with Gasteiger partial charge >= 0.3 is 12.1 Å². The quantitative estimate of drug-likeness (QED) is 0.693. The molecule has 2 rings (SSSR count). The Kier molecular flexibility index (Phi) is 2.62. The maximum absolute atomic E-state index is 12.0. The van der Waals surface area contributed by atoms with Crippen LogP contribution in [0.15, 0.2) is 0 Å². The van der Waals surface area contributed by atoms with E-state index in [4.69, 9.17) is 0 Å². The third kappa shape index (κ3) is 2.42. The van der Waals surface area contributed by atoms with E-state index in [0.717, 1.165) is 12.8 Å². The average molecular weight is 222 g/mol. The minimum absolute atomic E-state index is 0.280. The van der Waals surface area contributed by atoms with Crippen LogP contribution in [-0.4, -0.2) is 30.2 Å². The molecular formula is C9H13F3N2O. The van der Waals surface area contributed by atoms with Crippen molar-refractivity contribution in [2.45, 2.75) is 50.0 Å². The molecule has 0 unspecified atom stereocenters. The first kappa shape index (κ1) is 10.7. The predicted octanol–water partition coefficient (Wildman–Crippen LogP) is 0.948. The van der Waals surface area contributed by atoms with Crippen LogP contribution in [0.25, 0.3) is 0 Å². The van der Waals surface area contributed by atoms with Crippen molar-refractivity contribution in [2.75, 3.05) is 0 Å². The maximum atomic E-state index is 12.0. The van der Waals surface area contributed by atoms with Crippen molar-refractivity contribution < 1.29 is 18.0 Å². The van der Waals surface area contributed by atoms with Crippen molar-refractivity contribution in [3.8, 4) is 0 Å². The van der Waals surface area contributed by atoms with Crippen LogP contribution in [-0.2, 0) is 4.79 Å². The number of halogens is 3. The van der Waals surface area contributed by atoms with Crippen LogP contribution in [0.2, 0.25) is 0 Å².